The summed E-state index contributed by atoms with van der Waals surface area (Å²) in [7, 11) is -24.2. The highest BCUT2D eigenvalue weighted by Crippen LogP contribution is 2.54. The first-order chi connectivity index (χ1) is 27.4. The van der Waals surface area contributed by atoms with Gasteiger partial charge in [-0.1, -0.05) is 18.2 Å². The minimum Gasteiger partial charge on any atom is -0.748 e. The van der Waals surface area contributed by atoms with Crippen LogP contribution in [0.4, 0.5) is 11.4 Å². The summed E-state index contributed by atoms with van der Waals surface area (Å²) in [4.78, 5) is 11.2. The third-order valence-corrected chi connectivity index (χ3v) is 14.7. The predicted octanol–water partition coefficient (Wildman–Crippen LogP) is 3.64. The highest BCUT2D eigenvalue weighted by molar-refractivity contribution is 7.87. The molecule has 0 aliphatic carbocycles. The van der Waals surface area contributed by atoms with Crippen LogP contribution in [0.1, 0.15) is 64.0 Å². The summed E-state index contributed by atoms with van der Waals surface area (Å²) in [6, 6.07) is 8.78. The zero-order valence-electron chi connectivity index (χ0n) is 32.2. The molecule has 60 heavy (non-hydrogen) atoms. The van der Waals surface area contributed by atoms with E-state index in [0.29, 0.717) is 33.8 Å². The summed E-state index contributed by atoms with van der Waals surface area (Å²) in [6.07, 6.45) is 3.97. The van der Waals surface area contributed by atoms with Crippen molar-refractivity contribution in [3.05, 3.63) is 77.5 Å². The molecule has 19 nitrogen and oxygen atoms in total. The topological polar surface area (TPSA) is 318 Å². The Morgan fingerprint density at radius 2 is 1.42 bits per heavy atom. The maximum Gasteiger partial charge on any atom is 0.303 e. The number of hydrogen-bond donors (Lipinski definition) is 5. The smallest absolute Gasteiger partial charge is 0.303 e. The van der Waals surface area contributed by atoms with Crippen LogP contribution >= 0.6 is 0 Å². The molecule has 5 rings (SSSR count). The summed E-state index contributed by atoms with van der Waals surface area (Å²) in [6.45, 7) is 4.44. The maximum absolute atomic E-state index is 12.7. The van der Waals surface area contributed by atoms with Crippen LogP contribution < -0.4 is 4.90 Å². The average Bonchev–Trinajstić information content (AvgIpc) is 3.45. The molecule has 24 heteroatoms. The predicted molar refractivity (Wildman–Crippen MR) is 216 cm³/mol. The summed E-state index contributed by atoms with van der Waals surface area (Å²) in [5.41, 5.74) is -1.31. The van der Waals surface area contributed by atoms with Crippen LogP contribution in [0.3, 0.4) is 0 Å². The first kappa shape index (κ1) is 46.9. The molecular formula is C36H42N2O17S5. The molecule has 0 fully saturated rings. The summed E-state index contributed by atoms with van der Waals surface area (Å²) < 4.78 is 174. The van der Waals surface area contributed by atoms with Crippen LogP contribution in [0.15, 0.2) is 81.1 Å². The zero-order valence-corrected chi connectivity index (χ0v) is 36.3. The summed E-state index contributed by atoms with van der Waals surface area (Å²) >= 11 is 0. The van der Waals surface area contributed by atoms with Crippen LogP contribution in [0.25, 0.3) is 10.8 Å². The molecule has 1 unspecified atom stereocenters. The minimum absolute atomic E-state index is 0.0826. The summed E-state index contributed by atoms with van der Waals surface area (Å²) in [5, 5.41) is 10.4. The molecule has 1 atom stereocenters. The lowest BCUT2D eigenvalue weighted by Crippen LogP contribution is -2.31. The number of allylic oxidation sites excluding steroid dienone is 4. The van der Waals surface area contributed by atoms with E-state index in [9.17, 15) is 74.8 Å². The Labute approximate surface area is 347 Å². The number of carbonyl (C=O) groups is 1. The molecule has 0 bridgehead atoms. The molecule has 0 aromatic heterocycles. The number of nitrogens with zero attached hydrogens (tertiary/aromatic N) is 2. The lowest BCUT2D eigenvalue weighted by molar-refractivity contribution is -0.437. The largest absolute Gasteiger partial charge is 0.748 e. The molecule has 0 saturated heterocycles. The van der Waals surface area contributed by atoms with Gasteiger partial charge in [0.05, 0.1) is 31.7 Å². The van der Waals surface area contributed by atoms with Crippen molar-refractivity contribution in [2.45, 2.75) is 78.4 Å². The molecule has 0 amide bonds. The molecular weight excluding hydrogens is 893 g/mol. The Morgan fingerprint density at radius 3 is 1.98 bits per heavy atom. The summed E-state index contributed by atoms with van der Waals surface area (Å²) in [5.74, 6) is -2.64. The molecule has 0 spiro atoms. The molecule has 328 valence electrons. The molecule has 5 N–H and O–H groups in total. The first-order valence-electron chi connectivity index (χ1n) is 18.0. The van der Waals surface area contributed by atoms with E-state index < -0.39 is 93.6 Å². The van der Waals surface area contributed by atoms with Gasteiger partial charge in [-0.25, -0.2) is 8.42 Å². The Hall–Kier alpha value is -4.11. The van der Waals surface area contributed by atoms with Gasteiger partial charge in [-0.2, -0.15) is 38.2 Å². The molecule has 0 saturated carbocycles. The number of carboxylic acids is 1. The lowest BCUT2D eigenvalue weighted by Gasteiger charge is -2.31. The van der Waals surface area contributed by atoms with Gasteiger partial charge in [-0.3, -0.25) is 23.0 Å². The van der Waals surface area contributed by atoms with Gasteiger partial charge >= 0.3 is 5.97 Å². The number of carboxylic acid groups (broad SMARTS) is 1. The van der Waals surface area contributed by atoms with Gasteiger partial charge in [0.1, 0.15) is 16.3 Å². The highest BCUT2D eigenvalue weighted by atomic mass is 32.2. The van der Waals surface area contributed by atoms with Crippen LogP contribution in [0, 0.1) is 0 Å². The van der Waals surface area contributed by atoms with E-state index in [4.69, 9.17) is 0 Å². The fraction of sp³-hybridized carbons (Fsp3) is 0.389. The Bertz CT molecular complexity index is 2960. The number of aliphatic carboxylic acids is 1. The van der Waals surface area contributed by atoms with Gasteiger partial charge < -0.3 is 14.6 Å². The number of rotatable bonds is 17. The highest BCUT2D eigenvalue weighted by Gasteiger charge is 2.49. The van der Waals surface area contributed by atoms with Gasteiger partial charge in [0.15, 0.2) is 5.71 Å². The van der Waals surface area contributed by atoms with E-state index in [1.807, 2.05) is 0 Å². The number of hydrogen-bond acceptors (Lipinski definition) is 13. The van der Waals surface area contributed by atoms with Crippen molar-refractivity contribution in [1.82, 2.24) is 0 Å². The SMILES string of the molecule is CC1(C)C(/C=C/C=C2/N(CCCS(=O)(=O)[O-])c3ccc4ccc(S(=O)(=O)O)cc4c3C2(C)CCCC(=O)O)=[N+](CCCS(=O)(=O)O)c2cc(S(=O)(=O)O)cc(S(=O)(=O)O)c21. The van der Waals surface area contributed by atoms with Gasteiger partial charge in [0, 0.05) is 54.1 Å². The van der Waals surface area contributed by atoms with E-state index in [-0.39, 0.29) is 62.2 Å². The molecule has 0 radical (unpaired) electrons. The van der Waals surface area contributed by atoms with Crippen molar-refractivity contribution in [3.8, 4) is 0 Å². The van der Waals surface area contributed by atoms with E-state index in [1.54, 1.807) is 30.0 Å². The molecule has 2 aliphatic rings. The van der Waals surface area contributed by atoms with Crippen molar-refractivity contribution < 1.29 is 79.3 Å². The second-order valence-electron chi connectivity index (χ2n) is 15.1. The Kier molecular flexibility index (Phi) is 12.8. The van der Waals surface area contributed by atoms with Crippen LogP contribution in [0.5, 0.6) is 0 Å². The van der Waals surface area contributed by atoms with Crippen molar-refractivity contribution in [2.75, 3.05) is 29.5 Å². The molecule has 3 aromatic carbocycles. The Morgan fingerprint density at radius 1 is 0.783 bits per heavy atom. The average molecular weight is 935 g/mol. The monoisotopic (exact) mass is 934 g/mol. The molecule has 2 aliphatic heterocycles. The lowest BCUT2D eigenvalue weighted by atomic mass is 9.75. The first-order valence-corrected chi connectivity index (χ1v) is 25.5. The van der Waals surface area contributed by atoms with E-state index in [2.05, 4.69) is 0 Å². The van der Waals surface area contributed by atoms with E-state index in [0.717, 1.165) is 6.07 Å². The van der Waals surface area contributed by atoms with E-state index in [1.165, 1.54) is 48.8 Å². The third-order valence-electron chi connectivity index (χ3n) is 10.6. The van der Waals surface area contributed by atoms with Gasteiger partial charge in [-0.15, -0.1) is 0 Å². The molecule has 2 heterocycles. The van der Waals surface area contributed by atoms with Gasteiger partial charge in [-0.05, 0) is 86.7 Å². The van der Waals surface area contributed by atoms with Crippen LogP contribution in [-0.2, 0) is 66.2 Å². The van der Waals surface area contributed by atoms with Crippen molar-refractivity contribution in [3.63, 3.8) is 0 Å². The molecule has 3 aromatic rings. The second-order valence-corrected chi connectivity index (χ2v) is 22.5. The number of fused-ring (bicyclic) bond motifs is 4. The van der Waals surface area contributed by atoms with E-state index >= 15 is 0 Å². The zero-order chi connectivity index (χ0) is 45.0. The third kappa shape index (κ3) is 9.98. The van der Waals surface area contributed by atoms with Crippen molar-refractivity contribution in [1.29, 1.82) is 0 Å². The van der Waals surface area contributed by atoms with Crippen molar-refractivity contribution in [2.24, 2.45) is 0 Å². The van der Waals surface area contributed by atoms with Gasteiger partial charge in [0.2, 0.25) is 5.69 Å². The standard InChI is InChI=1S/C36H42N2O17S5/c1-35(2)30(38(17-7-19-57(44,45)46)28-21-25(59(50,51)52)22-29(34(28)35)60(53,54)55)8-4-9-31-36(3,15-5-10-32(39)40)33-26-20-24(58(47,48)49)13-11-23(26)12-14-27(33)37(31)16-6-18-56(41,42)43/h4,8-9,11-14,20-22H,5-7,10,15-19H2,1-3H3,(H5-,39,40,41,42,43,44,45,46,47,48,49,50,51,52,53,54,55). The number of anilines is 1. The fourth-order valence-corrected chi connectivity index (χ4v) is 11.1. The second kappa shape index (κ2) is 16.3. The van der Waals surface area contributed by atoms with Crippen LogP contribution in [0.2, 0.25) is 0 Å². The Balaban J connectivity index is 1.79. The quantitative estimate of drug-likeness (QED) is 0.0953. The minimum atomic E-state index is -5.18. The van der Waals surface area contributed by atoms with Crippen LogP contribution in [-0.4, -0.2) is 111 Å². The van der Waals surface area contributed by atoms with Gasteiger partial charge in [0.25, 0.3) is 40.5 Å². The fourth-order valence-electron chi connectivity index (χ4n) is 8.11. The maximum atomic E-state index is 12.7. The van der Waals surface area contributed by atoms with Crippen molar-refractivity contribution >= 4 is 84.4 Å². The normalized spacial score (nSPS) is 19.1. The number of benzene rings is 3.